The van der Waals surface area contributed by atoms with E-state index in [0.29, 0.717) is 11.8 Å². The fraction of sp³-hybridized carbons (Fsp3) is 0.500. The van der Waals surface area contributed by atoms with Gasteiger partial charge in [0.25, 0.3) is 0 Å². The number of hydrogen-bond acceptors (Lipinski definition) is 1. The molecule has 0 bridgehead atoms. The third-order valence-electron chi connectivity index (χ3n) is 2.83. The van der Waals surface area contributed by atoms with Crippen molar-refractivity contribution in [3.05, 3.63) is 29.8 Å². The predicted molar refractivity (Wildman–Crippen MR) is 73.7 cm³/mol. The van der Waals surface area contributed by atoms with Gasteiger partial charge in [-0.2, -0.15) is 0 Å². The van der Waals surface area contributed by atoms with E-state index < -0.39 is 0 Å². The van der Waals surface area contributed by atoms with E-state index in [1.54, 1.807) is 0 Å². The summed E-state index contributed by atoms with van der Waals surface area (Å²) >= 11 is 0. The van der Waals surface area contributed by atoms with Crippen LogP contribution in [-0.2, 0) is 11.2 Å². The van der Waals surface area contributed by atoms with E-state index >= 15 is 0 Å². The molecule has 1 aliphatic heterocycles. The summed E-state index contributed by atoms with van der Waals surface area (Å²) in [6.45, 7) is 7.58. The maximum atomic E-state index is 11.3. The van der Waals surface area contributed by atoms with Crippen LogP contribution in [0.4, 0.5) is 5.69 Å². The number of benzene rings is 1. The van der Waals surface area contributed by atoms with Crippen LogP contribution in [0.15, 0.2) is 24.3 Å². The Morgan fingerprint density at radius 1 is 1.18 bits per heavy atom. The van der Waals surface area contributed by atoms with Gasteiger partial charge in [-0.15, -0.1) is 0 Å². The zero-order chi connectivity index (χ0) is 11.8. The van der Waals surface area contributed by atoms with Crippen LogP contribution in [0.1, 0.15) is 32.8 Å². The molecule has 1 fully saturated rings. The zero-order valence-electron chi connectivity index (χ0n) is 10.3. The standard InChI is InChI=1S/C14H19NO.Na.H/c1-14(2,3)10-11-4-6-12(7-5-11)15-9-8-13(15)16;;/h4-7H,8-10H2,1-3H3;;. The third kappa shape index (κ3) is 3.84. The Hall–Kier alpha value is -0.310. The van der Waals surface area contributed by atoms with Crippen molar-refractivity contribution in [3.8, 4) is 0 Å². The molecule has 0 saturated carbocycles. The van der Waals surface area contributed by atoms with E-state index in [-0.39, 0.29) is 35.5 Å². The van der Waals surface area contributed by atoms with Gasteiger partial charge in [0.05, 0.1) is 0 Å². The zero-order valence-corrected chi connectivity index (χ0v) is 10.3. The van der Waals surface area contributed by atoms with Gasteiger partial charge in [0.1, 0.15) is 0 Å². The van der Waals surface area contributed by atoms with Gasteiger partial charge in [0, 0.05) is 18.7 Å². The quantitative estimate of drug-likeness (QED) is 0.575. The molecular weight excluding hydrogens is 221 g/mol. The SMILES string of the molecule is CC(C)(C)Cc1ccc(N2CCC2=O)cc1.[NaH]. The summed E-state index contributed by atoms with van der Waals surface area (Å²) < 4.78 is 0. The summed E-state index contributed by atoms with van der Waals surface area (Å²) in [6, 6.07) is 8.37. The van der Waals surface area contributed by atoms with Crippen molar-refractivity contribution in [3.63, 3.8) is 0 Å². The molecule has 1 aliphatic rings. The average molecular weight is 241 g/mol. The fourth-order valence-corrected chi connectivity index (χ4v) is 1.99. The Morgan fingerprint density at radius 3 is 2.12 bits per heavy atom. The summed E-state index contributed by atoms with van der Waals surface area (Å²) in [5.41, 5.74) is 2.69. The second kappa shape index (κ2) is 5.55. The van der Waals surface area contributed by atoms with Crippen molar-refractivity contribution in [2.24, 2.45) is 5.41 Å². The molecule has 0 N–H and O–H groups in total. The minimum atomic E-state index is 0. The van der Waals surface area contributed by atoms with Gasteiger partial charge in [-0.1, -0.05) is 32.9 Å². The summed E-state index contributed by atoms with van der Waals surface area (Å²) in [6.07, 6.45) is 1.77. The van der Waals surface area contributed by atoms with Crippen molar-refractivity contribution in [2.45, 2.75) is 33.6 Å². The first-order chi connectivity index (χ1) is 7.46. The first-order valence-corrected chi connectivity index (χ1v) is 5.85. The van der Waals surface area contributed by atoms with Gasteiger partial charge in [0.2, 0.25) is 5.91 Å². The van der Waals surface area contributed by atoms with E-state index in [1.807, 2.05) is 4.90 Å². The summed E-state index contributed by atoms with van der Waals surface area (Å²) in [4.78, 5) is 13.1. The van der Waals surface area contributed by atoms with Crippen LogP contribution in [0.3, 0.4) is 0 Å². The number of rotatable bonds is 2. The second-order valence-electron chi connectivity index (χ2n) is 5.70. The molecule has 88 valence electrons. The van der Waals surface area contributed by atoms with Gasteiger partial charge >= 0.3 is 29.6 Å². The normalized spacial score (nSPS) is 15.2. The van der Waals surface area contributed by atoms with Crippen LogP contribution < -0.4 is 4.90 Å². The summed E-state index contributed by atoms with van der Waals surface area (Å²) in [5.74, 6) is 0.239. The van der Waals surface area contributed by atoms with Crippen molar-refractivity contribution in [2.75, 3.05) is 11.4 Å². The Bertz CT molecular complexity index is 392. The number of amides is 1. The summed E-state index contributed by atoms with van der Waals surface area (Å²) in [7, 11) is 0. The van der Waals surface area contributed by atoms with Crippen LogP contribution in [-0.4, -0.2) is 42.0 Å². The molecule has 2 rings (SSSR count). The van der Waals surface area contributed by atoms with E-state index in [1.165, 1.54) is 5.56 Å². The third-order valence-corrected chi connectivity index (χ3v) is 2.83. The molecule has 0 unspecified atom stereocenters. The molecule has 0 spiro atoms. The molecule has 1 aromatic rings. The molecule has 0 aromatic heterocycles. The molecule has 17 heavy (non-hydrogen) atoms. The predicted octanol–water partition coefficient (Wildman–Crippen LogP) is 2.36. The van der Waals surface area contributed by atoms with E-state index in [9.17, 15) is 4.79 Å². The Morgan fingerprint density at radius 2 is 1.76 bits per heavy atom. The molecule has 1 heterocycles. The van der Waals surface area contributed by atoms with Crippen LogP contribution in [0, 0.1) is 5.41 Å². The number of carbonyl (C=O) groups is 1. The Kier molecular flexibility index (Phi) is 4.82. The number of nitrogens with zero attached hydrogens (tertiary/aromatic N) is 1. The van der Waals surface area contributed by atoms with Crippen molar-refractivity contribution in [1.29, 1.82) is 0 Å². The Balaban J connectivity index is 0.00000144. The Labute approximate surface area is 126 Å². The summed E-state index contributed by atoms with van der Waals surface area (Å²) in [5, 5.41) is 0. The maximum absolute atomic E-state index is 11.3. The van der Waals surface area contributed by atoms with Crippen LogP contribution in [0.25, 0.3) is 0 Å². The van der Waals surface area contributed by atoms with E-state index in [2.05, 4.69) is 45.0 Å². The number of anilines is 1. The molecule has 1 amide bonds. The van der Waals surface area contributed by atoms with Gasteiger partial charge in [-0.05, 0) is 29.5 Å². The van der Waals surface area contributed by atoms with Gasteiger partial charge in [-0.3, -0.25) is 4.79 Å². The van der Waals surface area contributed by atoms with Crippen molar-refractivity contribution in [1.82, 2.24) is 0 Å². The van der Waals surface area contributed by atoms with Gasteiger partial charge in [-0.25, -0.2) is 0 Å². The van der Waals surface area contributed by atoms with Crippen LogP contribution in [0.5, 0.6) is 0 Å². The number of carbonyl (C=O) groups excluding carboxylic acids is 1. The molecule has 0 atom stereocenters. The molecule has 2 nitrogen and oxygen atoms in total. The monoisotopic (exact) mass is 241 g/mol. The molecule has 3 heteroatoms. The average Bonchev–Trinajstić information content (AvgIpc) is 2.16. The van der Waals surface area contributed by atoms with E-state index in [4.69, 9.17) is 0 Å². The molecular formula is C14H20NNaO. The van der Waals surface area contributed by atoms with Gasteiger partial charge < -0.3 is 4.90 Å². The first-order valence-electron chi connectivity index (χ1n) is 5.85. The first kappa shape index (κ1) is 14.7. The molecule has 1 aromatic carbocycles. The van der Waals surface area contributed by atoms with Crippen LogP contribution in [0.2, 0.25) is 0 Å². The van der Waals surface area contributed by atoms with Crippen LogP contribution >= 0.6 is 0 Å². The van der Waals surface area contributed by atoms with Crippen molar-refractivity contribution < 1.29 is 4.79 Å². The van der Waals surface area contributed by atoms with Gasteiger partial charge in [0.15, 0.2) is 0 Å². The topological polar surface area (TPSA) is 20.3 Å². The minimum absolute atomic E-state index is 0. The molecule has 0 aliphatic carbocycles. The van der Waals surface area contributed by atoms with E-state index in [0.717, 1.165) is 18.7 Å². The fourth-order valence-electron chi connectivity index (χ4n) is 1.99. The number of hydrogen-bond donors (Lipinski definition) is 0. The second-order valence-corrected chi connectivity index (χ2v) is 5.70. The number of β-lactam (4-membered cyclic amide) rings is 1. The van der Waals surface area contributed by atoms with Crippen molar-refractivity contribution >= 4 is 41.2 Å². The molecule has 1 saturated heterocycles. The molecule has 0 radical (unpaired) electrons.